The number of ether oxygens (including phenoxy) is 1. The van der Waals surface area contributed by atoms with Crippen LogP contribution in [0.2, 0.25) is 0 Å². The highest BCUT2D eigenvalue weighted by molar-refractivity contribution is 5.90. The van der Waals surface area contributed by atoms with Crippen LogP contribution < -0.4 is 0 Å². The molecule has 0 bridgehead atoms. The zero-order valence-electron chi connectivity index (χ0n) is 16.9. The van der Waals surface area contributed by atoms with E-state index in [2.05, 4.69) is 51.1 Å². The van der Waals surface area contributed by atoms with Crippen LogP contribution in [0.1, 0.15) is 46.1 Å². The van der Waals surface area contributed by atoms with Crippen LogP contribution in [0, 0.1) is 29.1 Å². The maximum absolute atomic E-state index is 12.8. The molecule has 1 aromatic rings. The molecule has 0 radical (unpaired) electrons. The third-order valence-electron chi connectivity index (χ3n) is 8.31. The summed E-state index contributed by atoms with van der Waals surface area (Å²) in [5.41, 5.74) is 1.66. The number of β-lactam (4-membered cyclic amide) rings is 1. The SMILES string of the molecule is C/C=C/N1C(=O)[C@H]2O[C@]3(C)C[C@H]4[C@@H](C[C@@H]3[C@H](Cc3ccccc3)[C@H]21)C4(C)C. The Labute approximate surface area is 162 Å². The molecule has 0 unspecified atom stereocenters. The van der Waals surface area contributed by atoms with Crippen LogP contribution in [0.4, 0.5) is 0 Å². The van der Waals surface area contributed by atoms with Crippen molar-refractivity contribution in [1.29, 1.82) is 0 Å². The number of carbonyl (C=O) groups excluding carboxylic acids is 1. The highest BCUT2D eigenvalue weighted by Gasteiger charge is 2.70. The molecule has 27 heavy (non-hydrogen) atoms. The molecule has 1 amide bonds. The molecule has 1 aromatic carbocycles. The Morgan fingerprint density at radius 2 is 1.89 bits per heavy atom. The molecule has 4 fully saturated rings. The van der Waals surface area contributed by atoms with Crippen molar-refractivity contribution in [2.75, 3.05) is 0 Å². The minimum Gasteiger partial charge on any atom is -0.360 e. The number of carbonyl (C=O) groups is 1. The lowest BCUT2D eigenvalue weighted by molar-refractivity contribution is -0.249. The maximum Gasteiger partial charge on any atom is 0.258 e. The number of hydrogen-bond donors (Lipinski definition) is 0. The van der Waals surface area contributed by atoms with E-state index in [9.17, 15) is 4.79 Å². The van der Waals surface area contributed by atoms with Crippen LogP contribution in [-0.4, -0.2) is 28.6 Å². The predicted molar refractivity (Wildman–Crippen MR) is 106 cm³/mol. The number of rotatable bonds is 3. The lowest BCUT2D eigenvalue weighted by atomic mass is 9.61. The van der Waals surface area contributed by atoms with Gasteiger partial charge >= 0.3 is 0 Å². The molecule has 7 atom stereocenters. The van der Waals surface area contributed by atoms with Crippen LogP contribution in [0.25, 0.3) is 0 Å². The summed E-state index contributed by atoms with van der Waals surface area (Å²) >= 11 is 0. The molecule has 2 aliphatic heterocycles. The summed E-state index contributed by atoms with van der Waals surface area (Å²) in [7, 11) is 0. The highest BCUT2D eigenvalue weighted by atomic mass is 16.5. The van der Waals surface area contributed by atoms with Crippen molar-refractivity contribution in [3.63, 3.8) is 0 Å². The summed E-state index contributed by atoms with van der Waals surface area (Å²) in [6, 6.07) is 11.0. The lowest BCUT2D eigenvalue weighted by Crippen LogP contribution is -2.74. The normalized spacial score (nSPS) is 44.3. The van der Waals surface area contributed by atoms with Gasteiger partial charge in [0.05, 0.1) is 11.6 Å². The zero-order valence-corrected chi connectivity index (χ0v) is 16.9. The van der Waals surface area contributed by atoms with Gasteiger partial charge in [-0.15, -0.1) is 0 Å². The van der Waals surface area contributed by atoms with E-state index in [1.165, 1.54) is 12.0 Å². The third-order valence-corrected chi connectivity index (χ3v) is 8.31. The summed E-state index contributed by atoms with van der Waals surface area (Å²) in [6.07, 6.45) is 7.07. The van der Waals surface area contributed by atoms with E-state index >= 15 is 0 Å². The Bertz CT molecular complexity index is 785. The largest absolute Gasteiger partial charge is 0.360 e. The minimum atomic E-state index is -0.255. The van der Waals surface area contributed by atoms with Gasteiger partial charge in [0.15, 0.2) is 6.10 Å². The van der Waals surface area contributed by atoms with Crippen LogP contribution in [0.15, 0.2) is 42.6 Å². The highest BCUT2D eigenvalue weighted by Crippen LogP contribution is 2.70. The van der Waals surface area contributed by atoms with Crippen molar-refractivity contribution in [2.24, 2.45) is 29.1 Å². The lowest BCUT2D eigenvalue weighted by Gasteiger charge is -2.61. The molecule has 2 heterocycles. The standard InChI is InChI=1S/C24H31NO2/c1-5-11-25-20-16(12-15-9-7-6-8-10-15)17-13-18-19(23(18,2)3)14-24(17,4)27-21(20)22(25)26/h5-11,16-21H,12-14H2,1-4H3/b11-5+/t16-,17+,18+,19-,20+,21-,24+/m0/s1. The van der Waals surface area contributed by atoms with Crippen molar-refractivity contribution in [3.05, 3.63) is 48.2 Å². The van der Waals surface area contributed by atoms with Gasteiger partial charge in [-0.05, 0) is 67.8 Å². The number of nitrogens with zero attached hydrogens (tertiary/aromatic N) is 1. The Hall–Kier alpha value is -1.61. The molecule has 5 rings (SSSR count). The van der Waals surface area contributed by atoms with E-state index in [1.807, 2.05) is 24.1 Å². The molecule has 2 saturated carbocycles. The molecular formula is C24H31NO2. The predicted octanol–water partition coefficient (Wildman–Crippen LogP) is 4.43. The first-order valence-corrected chi connectivity index (χ1v) is 10.5. The number of hydrogen-bond acceptors (Lipinski definition) is 2. The molecule has 4 aliphatic rings. The van der Waals surface area contributed by atoms with Gasteiger partial charge in [0.1, 0.15) is 0 Å². The van der Waals surface area contributed by atoms with E-state index in [4.69, 9.17) is 4.74 Å². The number of benzene rings is 1. The van der Waals surface area contributed by atoms with E-state index in [1.54, 1.807) is 0 Å². The second-order valence-electron chi connectivity index (χ2n) is 10.0. The van der Waals surface area contributed by atoms with Crippen LogP contribution in [-0.2, 0) is 16.0 Å². The average Bonchev–Trinajstić information content (AvgIpc) is 3.17. The Balaban J connectivity index is 1.51. The molecule has 3 nitrogen and oxygen atoms in total. The van der Waals surface area contributed by atoms with Gasteiger partial charge in [-0.1, -0.05) is 50.3 Å². The van der Waals surface area contributed by atoms with Gasteiger partial charge in [0, 0.05) is 6.20 Å². The second kappa shape index (κ2) is 5.70. The Morgan fingerprint density at radius 3 is 2.59 bits per heavy atom. The molecule has 0 N–H and O–H groups in total. The van der Waals surface area contributed by atoms with Crippen molar-refractivity contribution in [1.82, 2.24) is 4.90 Å². The van der Waals surface area contributed by atoms with Crippen molar-refractivity contribution in [3.8, 4) is 0 Å². The molecular weight excluding hydrogens is 334 g/mol. The molecule has 144 valence electrons. The van der Waals surface area contributed by atoms with Crippen LogP contribution in [0.5, 0.6) is 0 Å². The Morgan fingerprint density at radius 1 is 1.15 bits per heavy atom. The van der Waals surface area contributed by atoms with Gasteiger partial charge in [-0.25, -0.2) is 0 Å². The third kappa shape index (κ3) is 2.40. The number of allylic oxidation sites excluding steroid dienone is 1. The van der Waals surface area contributed by atoms with Gasteiger partial charge in [-0.3, -0.25) is 4.79 Å². The fourth-order valence-electron chi connectivity index (χ4n) is 6.67. The molecule has 0 aromatic heterocycles. The summed E-state index contributed by atoms with van der Waals surface area (Å²) in [4.78, 5) is 14.7. The molecule has 3 heteroatoms. The summed E-state index contributed by atoms with van der Waals surface area (Å²) in [6.45, 7) is 9.11. The first-order chi connectivity index (χ1) is 12.9. The zero-order chi connectivity index (χ0) is 19.0. The average molecular weight is 366 g/mol. The minimum absolute atomic E-state index is 0.146. The van der Waals surface area contributed by atoms with Gasteiger partial charge < -0.3 is 9.64 Å². The smallest absolute Gasteiger partial charge is 0.258 e. The van der Waals surface area contributed by atoms with Crippen molar-refractivity contribution in [2.45, 2.75) is 64.7 Å². The number of likely N-dealkylation sites (tertiary alicyclic amines) is 1. The van der Waals surface area contributed by atoms with Gasteiger partial charge in [-0.2, -0.15) is 0 Å². The van der Waals surface area contributed by atoms with Crippen molar-refractivity contribution >= 4 is 5.91 Å². The van der Waals surface area contributed by atoms with E-state index in [0.29, 0.717) is 17.3 Å². The van der Waals surface area contributed by atoms with Gasteiger partial charge in [0.25, 0.3) is 5.91 Å². The fraction of sp³-hybridized carbons (Fsp3) is 0.625. The summed E-state index contributed by atoms with van der Waals surface area (Å²) in [5.74, 6) is 2.70. The van der Waals surface area contributed by atoms with Crippen LogP contribution >= 0.6 is 0 Å². The fourth-order valence-corrected chi connectivity index (χ4v) is 6.67. The summed E-state index contributed by atoms with van der Waals surface area (Å²) < 4.78 is 6.60. The second-order valence-corrected chi connectivity index (χ2v) is 10.0. The summed E-state index contributed by atoms with van der Waals surface area (Å²) in [5, 5.41) is 0. The quantitative estimate of drug-likeness (QED) is 0.742. The van der Waals surface area contributed by atoms with E-state index in [0.717, 1.165) is 24.7 Å². The van der Waals surface area contributed by atoms with Gasteiger partial charge in [0.2, 0.25) is 0 Å². The van der Waals surface area contributed by atoms with Crippen molar-refractivity contribution < 1.29 is 9.53 Å². The monoisotopic (exact) mass is 365 g/mol. The molecule has 2 saturated heterocycles. The maximum atomic E-state index is 12.8. The molecule has 0 spiro atoms. The number of fused-ring (bicyclic) bond motifs is 3. The van der Waals surface area contributed by atoms with E-state index in [-0.39, 0.29) is 23.7 Å². The number of amides is 1. The molecule has 2 aliphatic carbocycles. The topological polar surface area (TPSA) is 29.5 Å². The van der Waals surface area contributed by atoms with Crippen LogP contribution in [0.3, 0.4) is 0 Å². The first kappa shape index (κ1) is 17.5. The first-order valence-electron chi connectivity index (χ1n) is 10.5. The Kier molecular flexibility index (Phi) is 3.69. The van der Waals surface area contributed by atoms with E-state index < -0.39 is 0 Å².